The number of hydrogen-bond acceptors (Lipinski definition) is 2. The van der Waals surface area contributed by atoms with Gasteiger partial charge in [0.05, 0.1) is 34.0 Å². The molecule has 7 aromatic carbocycles. The van der Waals surface area contributed by atoms with Crippen molar-refractivity contribution in [3.05, 3.63) is 203 Å². The number of fused-ring (bicyclic) bond motifs is 11. The lowest BCUT2D eigenvalue weighted by molar-refractivity contribution is 0.133. The molecule has 306 valence electrons. The molecule has 2 unspecified atom stereocenters. The first kappa shape index (κ1) is 38.1. The zero-order chi connectivity index (χ0) is 42.8. The van der Waals surface area contributed by atoms with Gasteiger partial charge in [-0.25, -0.2) is 0 Å². The van der Waals surface area contributed by atoms with E-state index in [2.05, 4.69) is 216 Å². The average molecular weight is 814 g/mol. The minimum Gasteiger partial charge on any atom is -0.356 e. The summed E-state index contributed by atoms with van der Waals surface area (Å²) in [6, 6.07) is 57.7. The Bertz CT molecular complexity index is 3360. The van der Waals surface area contributed by atoms with E-state index in [1.807, 2.05) is 6.20 Å². The molecule has 0 fully saturated rings. The fraction of sp³-hybridized carbons (Fsp3) is 0.203. The second kappa shape index (κ2) is 13.9. The number of pyridine rings is 1. The van der Waals surface area contributed by atoms with Gasteiger partial charge in [-0.15, -0.1) is 0 Å². The summed E-state index contributed by atoms with van der Waals surface area (Å²) in [6.45, 7) is 12.1. The fourth-order valence-electron chi connectivity index (χ4n) is 12.4. The van der Waals surface area contributed by atoms with Gasteiger partial charge in [0.15, 0.2) is 0 Å². The molecule has 0 saturated heterocycles. The minimum atomic E-state index is -0.379. The van der Waals surface area contributed by atoms with Crippen molar-refractivity contribution in [1.29, 1.82) is 0 Å². The Morgan fingerprint density at radius 3 is 2.21 bits per heavy atom. The van der Waals surface area contributed by atoms with Gasteiger partial charge in [0.1, 0.15) is 7.85 Å². The Kier molecular flexibility index (Phi) is 8.42. The van der Waals surface area contributed by atoms with Crippen molar-refractivity contribution in [3.8, 4) is 28.1 Å². The van der Waals surface area contributed by atoms with Crippen LogP contribution in [0.4, 0.5) is 0 Å². The van der Waals surface area contributed by atoms with Gasteiger partial charge < -0.3 is 9.47 Å². The molecule has 3 aliphatic heterocycles. The first-order chi connectivity index (χ1) is 30.7. The van der Waals surface area contributed by atoms with Crippen LogP contribution in [0.1, 0.15) is 98.4 Å². The van der Waals surface area contributed by atoms with Crippen LogP contribution in [0.15, 0.2) is 164 Å². The standard InChI is InChI=1S/C59H52BN3/c1-6-36(7-2)54(44-27-25-41(60)35-47(44)55-42-17-10-8-15-37(42)29-31-61-55)57-46-26-23-39(33-50(46)59(5)48-20-12-9-16-38(48)30-32-62(57)59)40-24-28-53-51(34-40)58(3,4)49-21-14-19-45-43-18-11-13-22-52(43)63(53)56(45)49/h8-36,54,57H,6-7,60H2,1-5H3/t54-,57?,59?/m1/s1. The number of aromatic nitrogens is 2. The molecule has 0 amide bonds. The first-order valence-corrected chi connectivity index (χ1v) is 23.1. The summed E-state index contributed by atoms with van der Waals surface area (Å²) in [4.78, 5) is 7.90. The lowest BCUT2D eigenvalue weighted by Crippen LogP contribution is -2.42. The minimum absolute atomic E-state index is 0.105. The van der Waals surface area contributed by atoms with Crippen LogP contribution in [0.25, 0.3) is 66.7 Å². The van der Waals surface area contributed by atoms with E-state index in [4.69, 9.17) is 4.98 Å². The van der Waals surface area contributed by atoms with Gasteiger partial charge in [0.2, 0.25) is 0 Å². The molecule has 63 heavy (non-hydrogen) atoms. The highest BCUT2D eigenvalue weighted by Crippen LogP contribution is 2.60. The molecule has 0 bridgehead atoms. The summed E-state index contributed by atoms with van der Waals surface area (Å²) in [5.74, 6) is 0.643. The summed E-state index contributed by atoms with van der Waals surface area (Å²) in [5, 5.41) is 5.07. The molecule has 3 aliphatic rings. The van der Waals surface area contributed by atoms with Crippen LogP contribution < -0.4 is 5.46 Å². The van der Waals surface area contributed by atoms with Crippen molar-refractivity contribution < 1.29 is 0 Å². The lowest BCUT2D eigenvalue weighted by atomic mass is 9.72. The number of para-hydroxylation sites is 2. The highest BCUT2D eigenvalue weighted by Gasteiger charge is 2.52. The molecule has 2 aromatic heterocycles. The van der Waals surface area contributed by atoms with E-state index >= 15 is 0 Å². The highest BCUT2D eigenvalue weighted by molar-refractivity contribution is 6.32. The Hall–Kier alpha value is -6.65. The van der Waals surface area contributed by atoms with Gasteiger partial charge in [-0.1, -0.05) is 167 Å². The molecule has 5 heterocycles. The second-order valence-corrected chi connectivity index (χ2v) is 19.1. The number of rotatable bonds is 7. The predicted molar refractivity (Wildman–Crippen MR) is 267 cm³/mol. The van der Waals surface area contributed by atoms with Crippen LogP contribution in [0.3, 0.4) is 0 Å². The summed E-state index contributed by atoms with van der Waals surface area (Å²) in [7, 11) is 2.22. The van der Waals surface area contributed by atoms with Gasteiger partial charge >= 0.3 is 0 Å². The molecule has 0 N–H and O–H groups in total. The molecular weight excluding hydrogens is 761 g/mol. The Morgan fingerprint density at radius 2 is 1.37 bits per heavy atom. The van der Waals surface area contributed by atoms with Crippen LogP contribution in [-0.4, -0.2) is 22.3 Å². The van der Waals surface area contributed by atoms with Gasteiger partial charge in [0.25, 0.3) is 0 Å². The van der Waals surface area contributed by atoms with E-state index in [1.54, 1.807) is 0 Å². The summed E-state index contributed by atoms with van der Waals surface area (Å²) >= 11 is 0. The fourth-order valence-corrected chi connectivity index (χ4v) is 12.4. The van der Waals surface area contributed by atoms with Crippen molar-refractivity contribution in [1.82, 2.24) is 14.5 Å². The molecule has 3 atom stereocenters. The van der Waals surface area contributed by atoms with Gasteiger partial charge in [-0.3, -0.25) is 4.98 Å². The lowest BCUT2D eigenvalue weighted by Gasteiger charge is -2.46. The molecular formula is C59H52BN3. The Balaban J connectivity index is 1.07. The molecule has 0 radical (unpaired) electrons. The topological polar surface area (TPSA) is 21.1 Å². The monoisotopic (exact) mass is 813 g/mol. The molecule has 9 aromatic rings. The van der Waals surface area contributed by atoms with E-state index in [0.29, 0.717) is 5.92 Å². The smallest absolute Gasteiger partial charge is 0.139 e. The molecule has 0 saturated carbocycles. The van der Waals surface area contributed by atoms with E-state index < -0.39 is 0 Å². The molecule has 0 spiro atoms. The van der Waals surface area contributed by atoms with Crippen LogP contribution in [0.5, 0.6) is 0 Å². The third kappa shape index (κ3) is 5.30. The summed E-state index contributed by atoms with van der Waals surface area (Å²) in [6.07, 6.45) is 8.94. The van der Waals surface area contributed by atoms with Crippen molar-refractivity contribution in [2.75, 3.05) is 0 Å². The zero-order valence-corrected chi connectivity index (χ0v) is 37.2. The normalized spacial score (nSPS) is 18.4. The van der Waals surface area contributed by atoms with Crippen LogP contribution in [-0.2, 0) is 11.0 Å². The SMILES string of the molecule is Bc1ccc([C@@H](C(CC)CC)C2c3ccc(-c4ccc5c(c4)C(C)(C)c4cccc6c7ccccc7n-5c46)cc3C3(C)c4ccccc4C=CN23)c(-c2nccc3ccccc23)c1. The maximum Gasteiger partial charge on any atom is 0.139 e. The van der Waals surface area contributed by atoms with E-state index in [9.17, 15) is 0 Å². The quantitative estimate of drug-likeness (QED) is 0.149. The largest absolute Gasteiger partial charge is 0.356 e. The second-order valence-electron chi connectivity index (χ2n) is 19.1. The van der Waals surface area contributed by atoms with Gasteiger partial charge in [-0.2, -0.15) is 0 Å². The van der Waals surface area contributed by atoms with E-state index in [-0.39, 0.29) is 22.9 Å². The maximum absolute atomic E-state index is 5.16. The summed E-state index contributed by atoms with van der Waals surface area (Å²) in [5.41, 5.74) is 19.0. The third-order valence-corrected chi connectivity index (χ3v) is 15.6. The zero-order valence-electron chi connectivity index (χ0n) is 37.2. The average Bonchev–Trinajstić information content (AvgIpc) is 3.79. The molecule has 4 heteroatoms. The highest BCUT2D eigenvalue weighted by atomic mass is 15.2. The summed E-state index contributed by atoms with van der Waals surface area (Å²) < 4.78 is 2.52. The third-order valence-electron chi connectivity index (χ3n) is 15.6. The molecule has 3 nitrogen and oxygen atoms in total. The number of nitrogens with zero attached hydrogens (tertiary/aromatic N) is 3. The van der Waals surface area contributed by atoms with Crippen molar-refractivity contribution in [3.63, 3.8) is 0 Å². The molecule has 0 aliphatic carbocycles. The van der Waals surface area contributed by atoms with E-state index in [1.165, 1.54) is 99.4 Å². The van der Waals surface area contributed by atoms with Crippen molar-refractivity contribution in [2.45, 2.75) is 70.4 Å². The van der Waals surface area contributed by atoms with Crippen molar-refractivity contribution in [2.24, 2.45) is 5.92 Å². The predicted octanol–water partition coefficient (Wildman–Crippen LogP) is 13.4. The first-order valence-electron chi connectivity index (χ1n) is 23.1. The number of hydrogen-bond donors (Lipinski definition) is 0. The van der Waals surface area contributed by atoms with Gasteiger partial charge in [-0.05, 0) is 105 Å². The number of benzene rings is 7. The van der Waals surface area contributed by atoms with Gasteiger partial charge in [0, 0.05) is 45.5 Å². The molecule has 12 rings (SSSR count). The van der Waals surface area contributed by atoms with Crippen LogP contribution in [0.2, 0.25) is 0 Å². The Morgan fingerprint density at radius 1 is 0.651 bits per heavy atom. The van der Waals surface area contributed by atoms with E-state index in [0.717, 1.165) is 18.5 Å². The van der Waals surface area contributed by atoms with Crippen molar-refractivity contribution >= 4 is 52.0 Å². The maximum atomic E-state index is 5.16. The van der Waals surface area contributed by atoms with Crippen LogP contribution >= 0.6 is 0 Å². The van der Waals surface area contributed by atoms with Crippen LogP contribution in [0, 0.1) is 5.92 Å². The Labute approximate surface area is 372 Å².